The van der Waals surface area contributed by atoms with Crippen molar-refractivity contribution in [2.24, 2.45) is 5.41 Å². The fraction of sp³-hybridized carbons (Fsp3) is 0.778. The van der Waals surface area contributed by atoms with Gasteiger partial charge in [-0.2, -0.15) is 0 Å². The monoisotopic (exact) mass is 156 g/mol. The molecule has 0 nitrogen and oxygen atoms in total. The smallest absolute Gasteiger partial charge is 0.0683 e. The first kappa shape index (κ1) is 9.96. The Labute approximate surface area is 66.4 Å². The molecule has 0 saturated carbocycles. The maximum Gasteiger partial charge on any atom is 0.0683 e. The summed E-state index contributed by atoms with van der Waals surface area (Å²) < 4.78 is 0. The van der Waals surface area contributed by atoms with Crippen LogP contribution in [0.15, 0.2) is 11.8 Å². The Morgan fingerprint density at radius 2 is 1.40 bits per heavy atom. The summed E-state index contributed by atoms with van der Waals surface area (Å²) in [4.78, 5) is 0. The summed E-state index contributed by atoms with van der Waals surface area (Å²) in [5.74, 6) is 0. The van der Waals surface area contributed by atoms with Crippen LogP contribution in [0.5, 0.6) is 0 Å². The van der Waals surface area contributed by atoms with Crippen molar-refractivity contribution in [2.75, 3.05) is 0 Å². The maximum atomic E-state index is 2.41. The summed E-state index contributed by atoms with van der Waals surface area (Å²) in [5.41, 5.74) is 2.77. The van der Waals surface area contributed by atoms with Gasteiger partial charge in [-0.15, -0.1) is 0 Å². The number of rotatable bonds is 1. The Hall–Kier alpha value is -0.0431. The van der Waals surface area contributed by atoms with E-state index >= 15 is 0 Å². The highest BCUT2D eigenvalue weighted by Crippen LogP contribution is 2.16. The molecule has 0 atom stereocenters. The lowest BCUT2D eigenvalue weighted by molar-refractivity contribution is 0.545. The van der Waals surface area contributed by atoms with Crippen LogP contribution in [0, 0.1) is 5.41 Å². The van der Waals surface area contributed by atoms with Crippen molar-refractivity contribution in [2.45, 2.75) is 40.4 Å². The van der Waals surface area contributed by atoms with Gasteiger partial charge in [-0.1, -0.05) is 52.2 Å². The lowest BCUT2D eigenvalue weighted by Gasteiger charge is -2.15. The lowest BCUT2D eigenvalue weighted by atomic mass is 9.98. The predicted molar refractivity (Wildman–Crippen MR) is 51.9 cm³/mol. The normalized spacial score (nSPS) is 14.6. The Bertz CT molecular complexity index is 105. The van der Waals surface area contributed by atoms with Gasteiger partial charge in [-0.05, 0) is 5.41 Å². The van der Waals surface area contributed by atoms with Crippen LogP contribution in [-0.2, 0) is 0 Å². The zero-order valence-electron chi connectivity index (χ0n) is 8.15. The van der Waals surface area contributed by atoms with Gasteiger partial charge in [0.05, 0.1) is 8.07 Å². The largest absolute Gasteiger partial charge is 0.0984 e. The van der Waals surface area contributed by atoms with Crippen molar-refractivity contribution < 1.29 is 0 Å². The molecule has 0 saturated heterocycles. The molecule has 0 N–H and O–H groups in total. The average Bonchev–Trinajstić information content (AvgIpc) is 1.57. The van der Waals surface area contributed by atoms with Gasteiger partial charge in [0.2, 0.25) is 0 Å². The molecule has 0 amide bonds. The minimum absolute atomic E-state index is 0.361. The van der Waals surface area contributed by atoms with Crippen LogP contribution in [0.1, 0.15) is 20.8 Å². The second-order valence-corrected chi connectivity index (χ2v) is 10.1. The number of hydrogen-bond donors (Lipinski definition) is 0. The summed E-state index contributed by atoms with van der Waals surface area (Å²) in [6.45, 7) is 13.8. The van der Waals surface area contributed by atoms with Crippen LogP contribution in [0.3, 0.4) is 0 Å². The topological polar surface area (TPSA) is 0 Å². The molecule has 0 bridgehead atoms. The fourth-order valence-corrected chi connectivity index (χ4v) is 1.50. The molecule has 0 aliphatic heterocycles. The van der Waals surface area contributed by atoms with Gasteiger partial charge in [-0.3, -0.25) is 0 Å². The fourth-order valence-electron chi connectivity index (χ4n) is 0.500. The van der Waals surface area contributed by atoms with Crippen LogP contribution in [-0.4, -0.2) is 8.07 Å². The summed E-state index contributed by atoms with van der Waals surface area (Å²) in [6.07, 6.45) is 2.33. The summed E-state index contributed by atoms with van der Waals surface area (Å²) >= 11 is 0. The van der Waals surface area contributed by atoms with Gasteiger partial charge in [0.15, 0.2) is 0 Å². The number of allylic oxidation sites excluding steroid dienone is 1. The zero-order valence-corrected chi connectivity index (χ0v) is 9.15. The molecule has 0 unspecified atom stereocenters. The van der Waals surface area contributed by atoms with E-state index in [2.05, 4.69) is 52.2 Å². The van der Waals surface area contributed by atoms with Crippen molar-refractivity contribution in [3.05, 3.63) is 11.8 Å². The molecule has 0 rings (SSSR count). The van der Waals surface area contributed by atoms with Crippen LogP contribution in [0.2, 0.25) is 19.6 Å². The molecule has 1 heteroatoms. The van der Waals surface area contributed by atoms with E-state index in [9.17, 15) is 0 Å². The molecule has 10 heavy (non-hydrogen) atoms. The van der Waals surface area contributed by atoms with Crippen molar-refractivity contribution in [3.63, 3.8) is 0 Å². The van der Waals surface area contributed by atoms with Gasteiger partial charge in [0.1, 0.15) is 0 Å². The summed E-state index contributed by atoms with van der Waals surface area (Å²) in [7, 11) is -0.948. The standard InChI is InChI=1S/C9H20Si/c1-9(2,3)7-8-10(4,5)6/h7-8H,1-6H3/b8-7+. The molecule has 0 aliphatic carbocycles. The van der Waals surface area contributed by atoms with Gasteiger partial charge in [-0.25, -0.2) is 0 Å². The van der Waals surface area contributed by atoms with Crippen LogP contribution in [0.25, 0.3) is 0 Å². The molecule has 0 aliphatic rings. The van der Waals surface area contributed by atoms with Gasteiger partial charge in [0, 0.05) is 0 Å². The average molecular weight is 156 g/mol. The van der Waals surface area contributed by atoms with Crippen LogP contribution in [0.4, 0.5) is 0 Å². The number of hydrogen-bond acceptors (Lipinski definition) is 0. The van der Waals surface area contributed by atoms with Crippen molar-refractivity contribution in [1.29, 1.82) is 0 Å². The molecule has 0 radical (unpaired) electrons. The molecule has 0 spiro atoms. The van der Waals surface area contributed by atoms with Gasteiger partial charge < -0.3 is 0 Å². The van der Waals surface area contributed by atoms with E-state index in [4.69, 9.17) is 0 Å². The van der Waals surface area contributed by atoms with E-state index in [0.717, 1.165) is 0 Å². The van der Waals surface area contributed by atoms with Crippen LogP contribution < -0.4 is 0 Å². The molecule has 0 fully saturated rings. The molecular formula is C9H20Si. The third-order valence-electron chi connectivity index (χ3n) is 1.08. The van der Waals surface area contributed by atoms with Crippen molar-refractivity contribution in [1.82, 2.24) is 0 Å². The van der Waals surface area contributed by atoms with E-state index in [1.54, 1.807) is 0 Å². The first-order chi connectivity index (χ1) is 4.21. The SMILES string of the molecule is CC(C)(C)/C=C/[Si](C)(C)C. The second kappa shape index (κ2) is 2.91. The van der Waals surface area contributed by atoms with Crippen LogP contribution >= 0.6 is 0 Å². The van der Waals surface area contributed by atoms with Gasteiger partial charge in [0.25, 0.3) is 0 Å². The first-order valence-corrected chi connectivity index (χ1v) is 7.49. The molecule has 0 heterocycles. The van der Waals surface area contributed by atoms with Crippen molar-refractivity contribution in [3.8, 4) is 0 Å². The third kappa shape index (κ3) is 7.96. The lowest BCUT2D eigenvalue weighted by Crippen LogP contribution is -2.17. The molecule has 0 aromatic carbocycles. The van der Waals surface area contributed by atoms with E-state index < -0.39 is 8.07 Å². The van der Waals surface area contributed by atoms with E-state index in [0.29, 0.717) is 5.41 Å². The molecule has 0 aromatic heterocycles. The first-order valence-electron chi connectivity index (χ1n) is 3.91. The van der Waals surface area contributed by atoms with E-state index in [1.165, 1.54) is 0 Å². The van der Waals surface area contributed by atoms with Crippen molar-refractivity contribution >= 4 is 8.07 Å². The molecular weight excluding hydrogens is 136 g/mol. The minimum Gasteiger partial charge on any atom is -0.0984 e. The Kier molecular flexibility index (Phi) is 2.90. The highest BCUT2D eigenvalue weighted by atomic mass is 28.3. The van der Waals surface area contributed by atoms with Gasteiger partial charge >= 0.3 is 0 Å². The highest BCUT2D eigenvalue weighted by Gasteiger charge is 2.10. The Morgan fingerprint density at radius 3 is 1.50 bits per heavy atom. The molecule has 60 valence electrons. The Balaban J connectivity index is 4.01. The predicted octanol–water partition coefficient (Wildman–Crippen LogP) is 3.47. The summed E-state index contributed by atoms with van der Waals surface area (Å²) in [5, 5.41) is 0. The third-order valence-corrected chi connectivity index (χ3v) is 2.25. The summed E-state index contributed by atoms with van der Waals surface area (Å²) in [6, 6.07) is 0. The maximum absolute atomic E-state index is 2.41. The Morgan fingerprint density at radius 1 is 1.00 bits per heavy atom. The van der Waals surface area contributed by atoms with E-state index in [-0.39, 0.29) is 0 Å². The highest BCUT2D eigenvalue weighted by molar-refractivity contribution is 6.80. The second-order valence-electron chi connectivity index (χ2n) is 5.07. The van der Waals surface area contributed by atoms with E-state index in [1.807, 2.05) is 0 Å². The molecule has 0 aromatic rings. The zero-order chi connectivity index (χ0) is 8.41. The quantitative estimate of drug-likeness (QED) is 0.510. The minimum atomic E-state index is -0.948.